The largest absolute Gasteiger partial charge is 0.395 e. The molecular formula is C24H29N5O5S3. The number of carbonyl (C=O) groups is 1. The lowest BCUT2D eigenvalue weighted by atomic mass is 10.2. The molecule has 1 amide bonds. The van der Waals surface area contributed by atoms with Crippen molar-refractivity contribution in [1.82, 2.24) is 15.0 Å². The Kier molecular flexibility index (Phi) is 9.70. The van der Waals surface area contributed by atoms with Crippen molar-refractivity contribution in [2.24, 2.45) is 0 Å². The molecule has 0 saturated heterocycles. The van der Waals surface area contributed by atoms with Crippen LogP contribution in [0.3, 0.4) is 0 Å². The standard InChI is InChI=1S/C24H29N5O5S3/c1-14(2)26-24(35)28-17-6-4-16(5-7-17)23-25-11-21(36-23)20-9-8-18(27-15(3)32)10-22(20)37(33,34)29-19(12-30)13-31/h4-11,14,19,29-31H,12-13H2,1-3H3,(H,27,32)(H2,26,28,35). The maximum Gasteiger partial charge on any atom is 0.241 e. The molecule has 0 aliphatic heterocycles. The minimum absolute atomic E-state index is 0.119. The van der Waals surface area contributed by atoms with Crippen molar-refractivity contribution in [2.75, 3.05) is 23.8 Å². The Morgan fingerprint density at radius 3 is 2.30 bits per heavy atom. The number of carbonyl (C=O) groups excluding carboxylic acids is 1. The van der Waals surface area contributed by atoms with Gasteiger partial charge in [0.05, 0.1) is 29.0 Å². The molecule has 198 valence electrons. The molecule has 1 aromatic heterocycles. The summed E-state index contributed by atoms with van der Waals surface area (Å²) in [6.45, 7) is 4.15. The first-order chi connectivity index (χ1) is 17.5. The number of benzene rings is 2. The second-order valence-electron chi connectivity index (χ2n) is 8.44. The van der Waals surface area contributed by atoms with E-state index < -0.39 is 29.3 Å². The monoisotopic (exact) mass is 563 g/mol. The van der Waals surface area contributed by atoms with Gasteiger partial charge in [0, 0.05) is 41.7 Å². The van der Waals surface area contributed by atoms with E-state index in [-0.39, 0.29) is 16.8 Å². The predicted octanol–water partition coefficient (Wildman–Crippen LogP) is 2.76. The van der Waals surface area contributed by atoms with E-state index in [1.165, 1.54) is 24.3 Å². The van der Waals surface area contributed by atoms with Gasteiger partial charge in [0.1, 0.15) is 5.01 Å². The average molecular weight is 564 g/mol. The third-order valence-electron chi connectivity index (χ3n) is 4.93. The Morgan fingerprint density at radius 1 is 1.05 bits per heavy atom. The van der Waals surface area contributed by atoms with Crippen LogP contribution in [0.15, 0.2) is 53.6 Å². The lowest BCUT2D eigenvalue weighted by Gasteiger charge is -2.16. The van der Waals surface area contributed by atoms with Crippen molar-refractivity contribution >= 4 is 56.0 Å². The Balaban J connectivity index is 1.93. The second kappa shape index (κ2) is 12.5. The van der Waals surface area contributed by atoms with Crippen LogP contribution in [0, 0.1) is 0 Å². The molecule has 6 N–H and O–H groups in total. The van der Waals surface area contributed by atoms with Crippen LogP contribution in [-0.2, 0) is 14.8 Å². The summed E-state index contributed by atoms with van der Waals surface area (Å²) in [5, 5.41) is 28.7. The number of nitrogens with one attached hydrogen (secondary N) is 4. The van der Waals surface area contributed by atoms with Crippen molar-refractivity contribution in [3.63, 3.8) is 0 Å². The number of aromatic nitrogens is 1. The molecule has 0 radical (unpaired) electrons. The second-order valence-corrected chi connectivity index (χ2v) is 11.6. The zero-order valence-corrected chi connectivity index (χ0v) is 22.9. The number of nitrogens with zero attached hydrogens (tertiary/aromatic N) is 1. The molecule has 3 aromatic rings. The Bertz CT molecular complexity index is 1350. The quantitative estimate of drug-likeness (QED) is 0.205. The van der Waals surface area contributed by atoms with Crippen LogP contribution in [0.2, 0.25) is 0 Å². The lowest BCUT2D eigenvalue weighted by Crippen LogP contribution is -2.40. The molecule has 0 fully saturated rings. The van der Waals surface area contributed by atoms with E-state index in [0.29, 0.717) is 26.2 Å². The van der Waals surface area contributed by atoms with Gasteiger partial charge in [0.25, 0.3) is 0 Å². The number of hydrogen-bond donors (Lipinski definition) is 6. The fraction of sp³-hybridized carbons (Fsp3) is 0.292. The third-order valence-corrected chi connectivity index (χ3v) is 7.79. The molecule has 2 aromatic carbocycles. The van der Waals surface area contributed by atoms with Gasteiger partial charge in [0.15, 0.2) is 5.11 Å². The van der Waals surface area contributed by atoms with Crippen LogP contribution in [0.4, 0.5) is 11.4 Å². The first-order valence-electron chi connectivity index (χ1n) is 11.3. The highest BCUT2D eigenvalue weighted by Crippen LogP contribution is 2.37. The minimum Gasteiger partial charge on any atom is -0.395 e. The average Bonchev–Trinajstić information content (AvgIpc) is 3.32. The number of aliphatic hydroxyl groups excluding tert-OH is 2. The van der Waals surface area contributed by atoms with Gasteiger partial charge in [-0.3, -0.25) is 4.79 Å². The molecule has 0 unspecified atom stereocenters. The van der Waals surface area contributed by atoms with Crippen LogP contribution >= 0.6 is 23.6 Å². The van der Waals surface area contributed by atoms with Gasteiger partial charge in [-0.2, -0.15) is 0 Å². The molecule has 0 spiro atoms. The zero-order valence-electron chi connectivity index (χ0n) is 20.5. The van der Waals surface area contributed by atoms with Crippen LogP contribution in [-0.4, -0.2) is 59.9 Å². The van der Waals surface area contributed by atoms with Crippen LogP contribution < -0.4 is 20.7 Å². The predicted molar refractivity (Wildman–Crippen MR) is 150 cm³/mol. The van der Waals surface area contributed by atoms with Gasteiger partial charge in [-0.05, 0) is 62.5 Å². The van der Waals surface area contributed by atoms with E-state index in [4.69, 9.17) is 12.2 Å². The number of amides is 1. The Hall–Kier alpha value is -2.94. The maximum absolute atomic E-state index is 13.2. The van der Waals surface area contributed by atoms with Crippen LogP contribution in [0.5, 0.6) is 0 Å². The zero-order chi connectivity index (χ0) is 27.2. The van der Waals surface area contributed by atoms with Gasteiger partial charge in [0.2, 0.25) is 15.9 Å². The smallest absolute Gasteiger partial charge is 0.241 e. The van der Waals surface area contributed by atoms with E-state index >= 15 is 0 Å². The van der Waals surface area contributed by atoms with Crippen LogP contribution in [0.25, 0.3) is 21.0 Å². The van der Waals surface area contributed by atoms with Crippen molar-refractivity contribution in [2.45, 2.75) is 37.8 Å². The summed E-state index contributed by atoms with van der Waals surface area (Å²) in [4.78, 5) is 16.5. The minimum atomic E-state index is -4.17. The molecule has 0 bridgehead atoms. The molecule has 10 nitrogen and oxygen atoms in total. The molecule has 1 heterocycles. The first-order valence-corrected chi connectivity index (χ1v) is 14.0. The fourth-order valence-electron chi connectivity index (χ4n) is 3.30. The molecule has 0 aliphatic carbocycles. The van der Waals surface area contributed by atoms with E-state index in [1.54, 1.807) is 18.3 Å². The molecule has 13 heteroatoms. The molecule has 37 heavy (non-hydrogen) atoms. The van der Waals surface area contributed by atoms with Gasteiger partial charge in [-0.25, -0.2) is 18.1 Å². The molecule has 3 rings (SSSR count). The number of thiazole rings is 1. The maximum atomic E-state index is 13.2. The van der Waals surface area contributed by atoms with Gasteiger partial charge in [-0.15, -0.1) is 11.3 Å². The van der Waals surface area contributed by atoms with Gasteiger partial charge in [-0.1, -0.05) is 6.07 Å². The van der Waals surface area contributed by atoms with E-state index in [2.05, 4.69) is 25.7 Å². The molecule has 0 atom stereocenters. The SMILES string of the molecule is CC(=O)Nc1ccc(-c2cnc(-c3ccc(NC(=S)NC(C)C)cc3)s2)c(S(=O)(=O)NC(CO)CO)c1. The number of aliphatic hydroxyl groups is 2. The topological polar surface area (TPSA) is 153 Å². The van der Waals surface area contributed by atoms with Gasteiger partial charge >= 0.3 is 0 Å². The highest BCUT2D eigenvalue weighted by molar-refractivity contribution is 7.89. The van der Waals surface area contributed by atoms with Crippen molar-refractivity contribution in [3.05, 3.63) is 48.7 Å². The van der Waals surface area contributed by atoms with Gasteiger partial charge < -0.3 is 26.2 Å². The van der Waals surface area contributed by atoms with E-state index in [0.717, 1.165) is 11.3 Å². The summed E-state index contributed by atoms with van der Waals surface area (Å²) >= 11 is 6.57. The number of rotatable bonds is 10. The fourth-order valence-corrected chi connectivity index (χ4v) is 6.15. The highest BCUT2D eigenvalue weighted by Gasteiger charge is 2.25. The normalized spacial score (nSPS) is 11.5. The number of anilines is 2. The molecular weight excluding hydrogens is 534 g/mol. The first kappa shape index (κ1) is 28.6. The van der Waals surface area contributed by atoms with Crippen molar-refractivity contribution < 1.29 is 23.4 Å². The van der Waals surface area contributed by atoms with Crippen molar-refractivity contribution in [3.8, 4) is 21.0 Å². The molecule has 0 saturated carbocycles. The Labute approximate surface area is 225 Å². The van der Waals surface area contributed by atoms with E-state index in [9.17, 15) is 23.4 Å². The summed E-state index contributed by atoms with van der Waals surface area (Å²) in [7, 11) is -4.17. The summed E-state index contributed by atoms with van der Waals surface area (Å²) in [6, 6.07) is 11.2. The summed E-state index contributed by atoms with van der Waals surface area (Å²) in [5.74, 6) is -0.355. The number of hydrogen-bond acceptors (Lipinski definition) is 8. The highest BCUT2D eigenvalue weighted by atomic mass is 32.2. The Morgan fingerprint density at radius 2 is 1.70 bits per heavy atom. The summed E-state index contributed by atoms with van der Waals surface area (Å²) < 4.78 is 28.6. The van der Waals surface area contributed by atoms with Crippen LogP contribution in [0.1, 0.15) is 20.8 Å². The third kappa shape index (κ3) is 7.77. The molecule has 0 aliphatic rings. The van der Waals surface area contributed by atoms with E-state index in [1.807, 2.05) is 38.1 Å². The summed E-state index contributed by atoms with van der Waals surface area (Å²) in [6.07, 6.45) is 1.58. The summed E-state index contributed by atoms with van der Waals surface area (Å²) in [5.41, 5.74) is 2.30. The number of sulfonamides is 1. The lowest BCUT2D eigenvalue weighted by molar-refractivity contribution is -0.114. The number of thiocarbonyl (C=S) groups is 1. The van der Waals surface area contributed by atoms with Crippen molar-refractivity contribution in [1.29, 1.82) is 0 Å².